The van der Waals surface area contributed by atoms with Gasteiger partial charge in [-0.2, -0.15) is 0 Å². The van der Waals surface area contributed by atoms with Gasteiger partial charge in [0.15, 0.2) is 0 Å². The first-order valence-electron chi connectivity index (χ1n) is 11.0. The van der Waals surface area contributed by atoms with E-state index in [1.54, 1.807) is 0 Å². The van der Waals surface area contributed by atoms with Crippen LogP contribution in [0.15, 0.2) is 84.9 Å². The molecule has 0 fully saturated rings. The third-order valence-electron chi connectivity index (χ3n) is 7.19. The van der Waals surface area contributed by atoms with Crippen LogP contribution in [0.25, 0.3) is 43.8 Å². The van der Waals surface area contributed by atoms with Crippen LogP contribution in [0.5, 0.6) is 0 Å². The largest absolute Gasteiger partial charge is 0.0616 e. The Morgan fingerprint density at radius 2 is 0.833 bits per heavy atom. The van der Waals surface area contributed by atoms with E-state index in [1.807, 2.05) is 0 Å². The summed E-state index contributed by atoms with van der Waals surface area (Å²) in [6, 6.07) is 32.5. The van der Waals surface area contributed by atoms with Crippen molar-refractivity contribution in [3.63, 3.8) is 0 Å². The van der Waals surface area contributed by atoms with E-state index in [-0.39, 0.29) is 0 Å². The zero-order valence-corrected chi connectivity index (χ0v) is 16.9. The van der Waals surface area contributed by atoms with Gasteiger partial charge in [0.2, 0.25) is 0 Å². The number of benzene rings is 5. The summed E-state index contributed by atoms with van der Waals surface area (Å²) >= 11 is 0. The minimum atomic E-state index is 1.10. The van der Waals surface area contributed by atoms with Crippen LogP contribution < -0.4 is 0 Å². The van der Waals surface area contributed by atoms with E-state index in [0.717, 1.165) is 25.7 Å². The molecule has 0 aromatic heterocycles. The summed E-state index contributed by atoms with van der Waals surface area (Å²) in [6.07, 6.45) is 4.41. The summed E-state index contributed by atoms with van der Waals surface area (Å²) in [7, 11) is 0. The Hall–Kier alpha value is -3.38. The van der Waals surface area contributed by atoms with Crippen LogP contribution in [0.3, 0.4) is 0 Å². The molecule has 0 aliphatic heterocycles. The fourth-order valence-corrected chi connectivity index (χ4v) is 5.72. The van der Waals surface area contributed by atoms with E-state index in [0.29, 0.717) is 0 Å². The highest BCUT2D eigenvalue weighted by Crippen LogP contribution is 2.48. The smallest absolute Gasteiger partial charge is 0.00174 e. The fourth-order valence-electron chi connectivity index (χ4n) is 5.72. The maximum absolute atomic E-state index is 2.49. The molecule has 0 unspecified atom stereocenters. The topological polar surface area (TPSA) is 0 Å². The van der Waals surface area contributed by atoms with Crippen molar-refractivity contribution in [1.82, 2.24) is 0 Å². The van der Waals surface area contributed by atoms with Crippen LogP contribution in [-0.2, 0) is 25.7 Å². The minimum Gasteiger partial charge on any atom is -0.0616 e. The molecule has 4 bridgehead atoms. The van der Waals surface area contributed by atoms with Crippen molar-refractivity contribution in [2.45, 2.75) is 25.7 Å². The molecule has 0 saturated heterocycles. The van der Waals surface area contributed by atoms with E-state index in [1.165, 1.54) is 66.1 Å². The monoisotopic (exact) mass is 382 g/mol. The summed E-state index contributed by atoms with van der Waals surface area (Å²) in [6.45, 7) is 0. The molecular weight excluding hydrogens is 360 g/mol. The zero-order chi connectivity index (χ0) is 19.7. The maximum atomic E-state index is 2.49. The Bertz CT molecular complexity index is 1370. The lowest BCUT2D eigenvalue weighted by molar-refractivity contribution is 0.922. The molecule has 0 amide bonds. The van der Waals surface area contributed by atoms with Crippen molar-refractivity contribution >= 4 is 21.5 Å². The molecule has 5 aromatic rings. The lowest BCUT2D eigenvalue weighted by Crippen LogP contribution is -2.06. The lowest BCUT2D eigenvalue weighted by atomic mass is 9.77. The van der Waals surface area contributed by atoms with E-state index in [9.17, 15) is 0 Å². The second-order valence-electron chi connectivity index (χ2n) is 8.82. The Labute approximate surface area is 176 Å². The van der Waals surface area contributed by atoms with Crippen LogP contribution in [0.2, 0.25) is 0 Å². The summed E-state index contributed by atoms with van der Waals surface area (Å²) in [5.41, 5.74) is 11.6. The van der Waals surface area contributed by atoms with Crippen molar-refractivity contribution < 1.29 is 0 Å². The second-order valence-corrected chi connectivity index (χ2v) is 8.82. The van der Waals surface area contributed by atoms with Crippen LogP contribution in [0.4, 0.5) is 0 Å². The molecule has 0 spiro atoms. The molecule has 0 radical (unpaired) electrons. The number of hydrogen-bond acceptors (Lipinski definition) is 0. The van der Waals surface area contributed by atoms with E-state index < -0.39 is 0 Å². The molecule has 7 rings (SSSR count). The van der Waals surface area contributed by atoms with Crippen LogP contribution in [-0.4, -0.2) is 0 Å². The standard InChI is InChI=1S/C30H22/c1-3-7-25-23(5-1)24-6-2-4-8-26(24)30-28-18-20-10-9-19-11-13-21(27(17-19)29(25)30)15-16-22(28)14-12-20/h1-8,11-14,17-18H,9-10,15-16H2. The second kappa shape index (κ2) is 6.06. The quantitative estimate of drug-likeness (QED) is 0.243. The predicted molar refractivity (Wildman–Crippen MR) is 127 cm³/mol. The van der Waals surface area contributed by atoms with Gasteiger partial charge in [-0.15, -0.1) is 0 Å². The molecule has 0 atom stereocenters. The molecule has 5 aromatic carbocycles. The minimum absolute atomic E-state index is 1.10. The average molecular weight is 383 g/mol. The number of rotatable bonds is 0. The first kappa shape index (κ1) is 16.4. The van der Waals surface area contributed by atoms with Crippen molar-refractivity contribution in [2.75, 3.05) is 0 Å². The lowest BCUT2D eigenvalue weighted by Gasteiger charge is -2.26. The van der Waals surface area contributed by atoms with Crippen molar-refractivity contribution in [2.24, 2.45) is 0 Å². The molecule has 0 saturated carbocycles. The van der Waals surface area contributed by atoms with Gasteiger partial charge in [0.05, 0.1) is 0 Å². The number of hydrogen-bond donors (Lipinski definition) is 0. The van der Waals surface area contributed by atoms with Crippen LogP contribution in [0, 0.1) is 0 Å². The SMILES string of the molecule is c1ccc2c(c1)c1c(c3ccccc32)-c2cc3ccc2CCc2ccc(cc2-1)CC3. The van der Waals surface area contributed by atoms with E-state index >= 15 is 0 Å². The third-order valence-corrected chi connectivity index (χ3v) is 7.19. The highest BCUT2D eigenvalue weighted by atomic mass is 14.3. The molecule has 30 heavy (non-hydrogen) atoms. The summed E-state index contributed by atoms with van der Waals surface area (Å²) in [4.78, 5) is 0. The van der Waals surface area contributed by atoms with Crippen LogP contribution >= 0.6 is 0 Å². The molecule has 0 heterocycles. The molecular formula is C30H22. The summed E-state index contributed by atoms with van der Waals surface area (Å²) in [5, 5.41) is 5.48. The Morgan fingerprint density at radius 1 is 0.400 bits per heavy atom. The predicted octanol–water partition coefficient (Wildman–Crippen LogP) is 7.52. The van der Waals surface area contributed by atoms with E-state index in [4.69, 9.17) is 0 Å². The molecule has 2 aliphatic rings. The molecule has 0 heteroatoms. The van der Waals surface area contributed by atoms with Crippen LogP contribution in [0.1, 0.15) is 22.3 Å². The Morgan fingerprint density at radius 3 is 1.30 bits per heavy atom. The molecule has 142 valence electrons. The Kier molecular flexibility index (Phi) is 3.32. The first-order valence-corrected chi connectivity index (χ1v) is 11.0. The zero-order valence-electron chi connectivity index (χ0n) is 16.9. The maximum Gasteiger partial charge on any atom is -0.00174 e. The van der Waals surface area contributed by atoms with Gasteiger partial charge < -0.3 is 0 Å². The fraction of sp³-hybridized carbons (Fsp3) is 0.133. The summed E-state index contributed by atoms with van der Waals surface area (Å²) < 4.78 is 0. The van der Waals surface area contributed by atoms with Gasteiger partial charge in [-0.05, 0) is 91.7 Å². The number of fused-ring (bicyclic) bond motifs is 5. The first-order chi connectivity index (χ1) is 14.9. The van der Waals surface area contributed by atoms with E-state index in [2.05, 4.69) is 84.9 Å². The highest BCUT2D eigenvalue weighted by Gasteiger charge is 2.24. The molecule has 2 aliphatic carbocycles. The molecule has 0 nitrogen and oxygen atoms in total. The van der Waals surface area contributed by atoms with Crippen molar-refractivity contribution in [1.29, 1.82) is 0 Å². The molecule has 0 N–H and O–H groups in total. The van der Waals surface area contributed by atoms with Gasteiger partial charge in [-0.3, -0.25) is 0 Å². The Balaban J connectivity index is 1.82. The van der Waals surface area contributed by atoms with Gasteiger partial charge in [0, 0.05) is 0 Å². The van der Waals surface area contributed by atoms with Crippen molar-refractivity contribution in [3.8, 4) is 22.3 Å². The third kappa shape index (κ3) is 2.22. The van der Waals surface area contributed by atoms with Gasteiger partial charge in [-0.25, -0.2) is 0 Å². The summed E-state index contributed by atoms with van der Waals surface area (Å²) in [5.74, 6) is 0. The van der Waals surface area contributed by atoms with Crippen molar-refractivity contribution in [3.05, 3.63) is 107 Å². The average Bonchev–Trinajstić information content (AvgIpc) is 2.78. The highest BCUT2D eigenvalue weighted by molar-refractivity contribution is 6.22. The number of aryl methyl sites for hydroxylation is 4. The normalized spacial score (nSPS) is 14.1. The van der Waals surface area contributed by atoms with Gasteiger partial charge >= 0.3 is 0 Å². The van der Waals surface area contributed by atoms with Gasteiger partial charge in [0.1, 0.15) is 0 Å². The van der Waals surface area contributed by atoms with Gasteiger partial charge in [0.25, 0.3) is 0 Å². The van der Waals surface area contributed by atoms with Gasteiger partial charge in [-0.1, -0.05) is 84.9 Å².